The fraction of sp³-hybridized carbons (Fsp3) is 0.444. The van der Waals surface area contributed by atoms with Crippen LogP contribution in [-0.4, -0.2) is 24.5 Å². The predicted molar refractivity (Wildman–Crippen MR) is 60.0 cm³/mol. The number of rotatable bonds is 2. The molecule has 0 saturated carbocycles. The van der Waals surface area contributed by atoms with Crippen LogP contribution in [0.5, 0.6) is 0 Å². The lowest BCUT2D eigenvalue weighted by molar-refractivity contribution is 0.737. The van der Waals surface area contributed by atoms with Gasteiger partial charge in [0, 0.05) is 19.3 Å². The number of H-pyrrole nitrogens is 1. The lowest BCUT2D eigenvalue weighted by atomic mass is 10.2. The highest BCUT2D eigenvalue weighted by molar-refractivity contribution is 7.71. The monoisotopic (exact) mass is 223 g/mol. The van der Waals surface area contributed by atoms with Gasteiger partial charge in [-0.15, -0.1) is 0 Å². The van der Waals surface area contributed by atoms with Crippen molar-refractivity contribution in [2.75, 3.05) is 0 Å². The third kappa shape index (κ3) is 1.50. The van der Waals surface area contributed by atoms with E-state index in [1.165, 1.54) is 0 Å². The summed E-state index contributed by atoms with van der Waals surface area (Å²) in [6, 6.07) is 0. The average molecular weight is 223 g/mol. The second-order valence-corrected chi connectivity index (χ2v) is 3.75. The number of aromatic nitrogens is 5. The Labute approximate surface area is 92.7 Å². The van der Waals surface area contributed by atoms with Gasteiger partial charge in [-0.25, -0.2) is 0 Å². The van der Waals surface area contributed by atoms with E-state index in [1.807, 2.05) is 36.3 Å². The van der Waals surface area contributed by atoms with E-state index in [0.717, 1.165) is 23.6 Å². The van der Waals surface area contributed by atoms with Crippen LogP contribution in [0.3, 0.4) is 0 Å². The van der Waals surface area contributed by atoms with Crippen molar-refractivity contribution >= 4 is 12.2 Å². The highest BCUT2D eigenvalue weighted by atomic mass is 32.1. The van der Waals surface area contributed by atoms with Gasteiger partial charge in [0.05, 0.1) is 11.8 Å². The Morgan fingerprint density at radius 2 is 2.27 bits per heavy atom. The maximum Gasteiger partial charge on any atom is 0.195 e. The second-order valence-electron chi connectivity index (χ2n) is 3.36. The molecule has 0 fully saturated rings. The maximum atomic E-state index is 5.14. The van der Waals surface area contributed by atoms with Gasteiger partial charge in [0.2, 0.25) is 0 Å². The van der Waals surface area contributed by atoms with Gasteiger partial charge >= 0.3 is 0 Å². The molecule has 0 radical (unpaired) electrons. The summed E-state index contributed by atoms with van der Waals surface area (Å²) in [5.74, 6) is 0.855. The van der Waals surface area contributed by atoms with Crippen LogP contribution >= 0.6 is 12.2 Å². The summed E-state index contributed by atoms with van der Waals surface area (Å²) >= 11 is 5.14. The highest BCUT2D eigenvalue weighted by Crippen LogP contribution is 2.20. The molecule has 0 atom stereocenters. The maximum absolute atomic E-state index is 5.14. The van der Waals surface area contributed by atoms with E-state index in [-0.39, 0.29) is 0 Å². The van der Waals surface area contributed by atoms with Crippen LogP contribution in [0.4, 0.5) is 0 Å². The Bertz CT molecular complexity index is 533. The first-order chi connectivity index (χ1) is 7.15. The molecule has 0 aliphatic carbocycles. The molecule has 2 aromatic rings. The van der Waals surface area contributed by atoms with Crippen molar-refractivity contribution in [1.29, 1.82) is 0 Å². The van der Waals surface area contributed by atoms with Gasteiger partial charge in [0.15, 0.2) is 10.6 Å². The Kier molecular flexibility index (Phi) is 2.44. The lowest BCUT2D eigenvalue weighted by Crippen LogP contribution is -1.99. The first-order valence-electron chi connectivity index (χ1n) is 4.79. The third-order valence-electron chi connectivity index (χ3n) is 2.55. The molecular weight excluding hydrogens is 210 g/mol. The zero-order valence-electron chi connectivity index (χ0n) is 8.98. The Balaban J connectivity index is 2.64. The summed E-state index contributed by atoms with van der Waals surface area (Å²) in [7, 11) is 1.91. The standard InChI is InChI=1S/C9H13N5S/c1-4-14-8(11-12-9(14)15)7-5-10-13(3)6(7)2/h5H,4H2,1-3H3,(H,12,15). The molecule has 5 nitrogen and oxygen atoms in total. The third-order valence-corrected chi connectivity index (χ3v) is 2.86. The van der Waals surface area contributed by atoms with Gasteiger partial charge in [-0.2, -0.15) is 10.2 Å². The Morgan fingerprint density at radius 1 is 1.53 bits per heavy atom. The van der Waals surface area contributed by atoms with Crippen molar-refractivity contribution in [3.63, 3.8) is 0 Å². The molecule has 80 valence electrons. The number of aromatic amines is 1. The normalized spacial score (nSPS) is 10.9. The first kappa shape index (κ1) is 10.1. The Hall–Kier alpha value is -1.43. The molecular formula is C9H13N5S. The van der Waals surface area contributed by atoms with Crippen LogP contribution in [0.15, 0.2) is 6.20 Å². The summed E-state index contributed by atoms with van der Waals surface area (Å²) < 4.78 is 4.43. The molecule has 2 rings (SSSR count). The van der Waals surface area contributed by atoms with Gasteiger partial charge in [-0.05, 0) is 26.1 Å². The molecule has 0 saturated heterocycles. The molecule has 0 unspecified atom stereocenters. The van der Waals surface area contributed by atoms with Crippen molar-refractivity contribution in [2.45, 2.75) is 20.4 Å². The molecule has 2 aromatic heterocycles. The number of hydrogen-bond acceptors (Lipinski definition) is 3. The van der Waals surface area contributed by atoms with E-state index >= 15 is 0 Å². The second kappa shape index (κ2) is 3.62. The molecule has 2 heterocycles. The molecule has 0 spiro atoms. The molecule has 0 aromatic carbocycles. The van der Waals surface area contributed by atoms with E-state index in [2.05, 4.69) is 15.3 Å². The van der Waals surface area contributed by atoms with Crippen LogP contribution in [0.1, 0.15) is 12.6 Å². The number of hydrogen-bond donors (Lipinski definition) is 1. The van der Waals surface area contributed by atoms with Crippen molar-refractivity contribution in [3.05, 3.63) is 16.7 Å². The summed E-state index contributed by atoms with van der Waals surface area (Å²) in [5.41, 5.74) is 2.10. The van der Waals surface area contributed by atoms with Gasteiger partial charge < -0.3 is 4.57 Å². The fourth-order valence-corrected chi connectivity index (χ4v) is 1.80. The molecule has 15 heavy (non-hydrogen) atoms. The summed E-state index contributed by atoms with van der Waals surface area (Å²) in [5, 5.41) is 11.2. The van der Waals surface area contributed by atoms with E-state index < -0.39 is 0 Å². The van der Waals surface area contributed by atoms with Crippen molar-refractivity contribution in [2.24, 2.45) is 7.05 Å². The Morgan fingerprint density at radius 3 is 2.80 bits per heavy atom. The number of nitrogens with zero attached hydrogens (tertiary/aromatic N) is 4. The number of nitrogens with one attached hydrogen (secondary N) is 1. The SMILES string of the molecule is CCn1c(-c2cnn(C)c2C)n[nH]c1=S. The topological polar surface area (TPSA) is 51.4 Å². The smallest absolute Gasteiger partial charge is 0.195 e. The molecule has 0 aliphatic rings. The summed E-state index contributed by atoms with van der Waals surface area (Å²) in [4.78, 5) is 0. The zero-order valence-corrected chi connectivity index (χ0v) is 9.80. The van der Waals surface area contributed by atoms with Gasteiger partial charge in [-0.1, -0.05) is 0 Å². The van der Waals surface area contributed by atoms with E-state index in [1.54, 1.807) is 0 Å². The fourth-order valence-electron chi connectivity index (χ4n) is 1.53. The van der Waals surface area contributed by atoms with Gasteiger partial charge in [0.1, 0.15) is 0 Å². The van der Waals surface area contributed by atoms with Crippen LogP contribution in [0.25, 0.3) is 11.4 Å². The number of aryl methyl sites for hydroxylation is 1. The molecule has 0 aliphatic heterocycles. The van der Waals surface area contributed by atoms with Crippen molar-refractivity contribution in [1.82, 2.24) is 24.5 Å². The molecule has 0 amide bonds. The van der Waals surface area contributed by atoms with Crippen LogP contribution < -0.4 is 0 Å². The highest BCUT2D eigenvalue weighted by Gasteiger charge is 2.12. The van der Waals surface area contributed by atoms with Crippen molar-refractivity contribution < 1.29 is 0 Å². The minimum absolute atomic E-state index is 0.649. The lowest BCUT2D eigenvalue weighted by Gasteiger charge is -2.02. The quantitative estimate of drug-likeness (QED) is 0.788. The van der Waals surface area contributed by atoms with Gasteiger partial charge in [0.25, 0.3) is 0 Å². The van der Waals surface area contributed by atoms with Crippen LogP contribution in [0.2, 0.25) is 0 Å². The van der Waals surface area contributed by atoms with Gasteiger partial charge in [-0.3, -0.25) is 9.78 Å². The van der Waals surface area contributed by atoms with Crippen LogP contribution in [0, 0.1) is 11.7 Å². The summed E-state index contributed by atoms with van der Waals surface area (Å²) in [6.07, 6.45) is 1.81. The first-order valence-corrected chi connectivity index (χ1v) is 5.20. The van der Waals surface area contributed by atoms with E-state index in [0.29, 0.717) is 4.77 Å². The molecule has 1 N–H and O–H groups in total. The predicted octanol–water partition coefficient (Wildman–Crippen LogP) is 1.67. The largest absolute Gasteiger partial charge is 0.300 e. The minimum atomic E-state index is 0.649. The van der Waals surface area contributed by atoms with Crippen molar-refractivity contribution in [3.8, 4) is 11.4 Å². The van der Waals surface area contributed by atoms with E-state index in [4.69, 9.17) is 12.2 Å². The summed E-state index contributed by atoms with van der Waals surface area (Å²) in [6.45, 7) is 4.86. The van der Waals surface area contributed by atoms with Crippen LogP contribution in [-0.2, 0) is 13.6 Å². The van der Waals surface area contributed by atoms with E-state index in [9.17, 15) is 0 Å². The molecule has 6 heteroatoms. The molecule has 0 bridgehead atoms. The minimum Gasteiger partial charge on any atom is -0.300 e. The average Bonchev–Trinajstić information content (AvgIpc) is 2.73. The zero-order chi connectivity index (χ0) is 11.0.